The molecule has 62 valence electrons. The molecule has 2 nitrogen and oxygen atoms in total. The fourth-order valence-electron chi connectivity index (χ4n) is 1.08. The molecule has 4 heteroatoms. The van der Waals surface area contributed by atoms with Crippen LogP contribution in [0.15, 0.2) is 22.9 Å². The van der Waals surface area contributed by atoms with E-state index in [4.69, 9.17) is 16.0 Å². The van der Waals surface area contributed by atoms with Crippen LogP contribution in [0, 0.1) is 0 Å². The van der Waals surface area contributed by atoms with Gasteiger partial charge in [-0.15, -0.1) is 0 Å². The first kappa shape index (κ1) is 8.08. The van der Waals surface area contributed by atoms with Crippen LogP contribution in [-0.2, 0) is 5.33 Å². The second-order valence-electron chi connectivity index (χ2n) is 2.37. The number of rotatable bonds is 1. The molecule has 0 radical (unpaired) electrons. The fourth-order valence-corrected chi connectivity index (χ4v) is 1.72. The summed E-state index contributed by atoms with van der Waals surface area (Å²) in [5.41, 5.74) is 1.75. The molecule has 0 aromatic carbocycles. The average Bonchev–Trinajstić information content (AvgIpc) is 2.49. The van der Waals surface area contributed by atoms with Crippen molar-refractivity contribution in [2.45, 2.75) is 5.33 Å². The van der Waals surface area contributed by atoms with Gasteiger partial charge in [0.2, 0.25) is 0 Å². The molecule has 2 aromatic heterocycles. The molecule has 0 N–H and O–H groups in total. The monoisotopic (exact) mass is 245 g/mol. The largest absolute Gasteiger partial charge is 0.461 e. The second-order valence-corrected chi connectivity index (χ2v) is 3.29. The number of fused-ring (bicyclic) bond motifs is 1. The SMILES string of the molecule is Clc1nccc2c(CBr)coc12. The van der Waals surface area contributed by atoms with Gasteiger partial charge in [0.15, 0.2) is 10.7 Å². The molecule has 0 spiro atoms. The Labute approximate surface area is 82.7 Å². The Balaban J connectivity index is 2.80. The molecular weight excluding hydrogens is 241 g/mol. The molecule has 2 rings (SSSR count). The Morgan fingerprint density at radius 2 is 2.42 bits per heavy atom. The molecule has 0 aliphatic carbocycles. The number of furan rings is 1. The molecule has 0 atom stereocenters. The predicted molar refractivity (Wildman–Crippen MR) is 51.7 cm³/mol. The van der Waals surface area contributed by atoms with Gasteiger partial charge in [-0.25, -0.2) is 4.98 Å². The van der Waals surface area contributed by atoms with Crippen LogP contribution in [0.4, 0.5) is 0 Å². The van der Waals surface area contributed by atoms with Crippen LogP contribution in [-0.4, -0.2) is 4.98 Å². The summed E-state index contributed by atoms with van der Waals surface area (Å²) in [6.45, 7) is 0. The Hall–Kier alpha value is -0.540. The van der Waals surface area contributed by atoms with Crippen LogP contribution >= 0.6 is 27.5 Å². The predicted octanol–water partition coefficient (Wildman–Crippen LogP) is 3.38. The topological polar surface area (TPSA) is 26.0 Å². The van der Waals surface area contributed by atoms with Crippen LogP contribution in [0.5, 0.6) is 0 Å². The molecule has 0 amide bonds. The van der Waals surface area contributed by atoms with Gasteiger partial charge in [-0.2, -0.15) is 0 Å². The van der Waals surface area contributed by atoms with Crippen molar-refractivity contribution in [1.29, 1.82) is 0 Å². The first-order valence-electron chi connectivity index (χ1n) is 3.39. The lowest BCUT2D eigenvalue weighted by atomic mass is 10.2. The standard InChI is InChI=1S/C8H5BrClNO/c9-3-5-4-12-7-6(5)1-2-11-8(7)10/h1-2,4H,3H2. The molecule has 12 heavy (non-hydrogen) atoms. The van der Waals surface area contributed by atoms with E-state index in [1.54, 1.807) is 12.5 Å². The zero-order valence-electron chi connectivity index (χ0n) is 6.05. The Kier molecular flexibility index (Phi) is 2.07. The minimum Gasteiger partial charge on any atom is -0.461 e. The van der Waals surface area contributed by atoms with Gasteiger partial charge in [-0.3, -0.25) is 0 Å². The summed E-state index contributed by atoms with van der Waals surface area (Å²) in [6.07, 6.45) is 3.36. The highest BCUT2D eigenvalue weighted by atomic mass is 79.9. The number of pyridine rings is 1. The number of hydrogen-bond donors (Lipinski definition) is 0. The quantitative estimate of drug-likeness (QED) is 0.569. The third-order valence-electron chi connectivity index (χ3n) is 1.67. The van der Waals surface area contributed by atoms with Crippen molar-refractivity contribution in [3.05, 3.63) is 29.2 Å². The molecule has 0 saturated carbocycles. The van der Waals surface area contributed by atoms with Crippen molar-refractivity contribution in [2.24, 2.45) is 0 Å². The smallest absolute Gasteiger partial charge is 0.172 e. The van der Waals surface area contributed by atoms with Gasteiger partial charge >= 0.3 is 0 Å². The highest BCUT2D eigenvalue weighted by Crippen LogP contribution is 2.26. The van der Waals surface area contributed by atoms with Crippen molar-refractivity contribution in [2.75, 3.05) is 0 Å². The second kappa shape index (κ2) is 3.07. The van der Waals surface area contributed by atoms with Crippen molar-refractivity contribution in [3.63, 3.8) is 0 Å². The van der Waals surface area contributed by atoms with E-state index < -0.39 is 0 Å². The average molecular weight is 246 g/mol. The lowest BCUT2D eigenvalue weighted by Gasteiger charge is -1.90. The maximum absolute atomic E-state index is 5.81. The highest BCUT2D eigenvalue weighted by molar-refractivity contribution is 9.08. The Morgan fingerprint density at radius 1 is 1.58 bits per heavy atom. The van der Waals surface area contributed by atoms with Crippen LogP contribution < -0.4 is 0 Å². The highest BCUT2D eigenvalue weighted by Gasteiger charge is 2.07. The lowest BCUT2D eigenvalue weighted by molar-refractivity contribution is 0.611. The van der Waals surface area contributed by atoms with Gasteiger partial charge in [-0.1, -0.05) is 27.5 Å². The molecule has 0 saturated heterocycles. The van der Waals surface area contributed by atoms with E-state index in [0.29, 0.717) is 10.7 Å². The zero-order chi connectivity index (χ0) is 8.55. The number of halogens is 2. The minimum absolute atomic E-state index is 0.416. The van der Waals surface area contributed by atoms with Crippen LogP contribution in [0.1, 0.15) is 5.56 Å². The third kappa shape index (κ3) is 1.13. The van der Waals surface area contributed by atoms with E-state index in [0.717, 1.165) is 16.3 Å². The van der Waals surface area contributed by atoms with E-state index in [2.05, 4.69) is 20.9 Å². The van der Waals surface area contributed by atoms with Gasteiger partial charge in [0, 0.05) is 22.5 Å². The maximum Gasteiger partial charge on any atom is 0.172 e. The summed E-state index contributed by atoms with van der Waals surface area (Å²) >= 11 is 9.17. The summed E-state index contributed by atoms with van der Waals surface area (Å²) in [4.78, 5) is 3.91. The van der Waals surface area contributed by atoms with Gasteiger partial charge in [0.1, 0.15) is 0 Å². The molecule has 0 fully saturated rings. The van der Waals surface area contributed by atoms with Crippen molar-refractivity contribution in [3.8, 4) is 0 Å². The number of nitrogens with zero attached hydrogens (tertiary/aromatic N) is 1. The number of alkyl halides is 1. The first-order valence-corrected chi connectivity index (χ1v) is 4.89. The molecule has 0 unspecified atom stereocenters. The summed E-state index contributed by atoms with van der Waals surface area (Å²) in [7, 11) is 0. The van der Waals surface area contributed by atoms with Gasteiger partial charge < -0.3 is 4.42 Å². The third-order valence-corrected chi connectivity index (χ3v) is 2.54. The normalized spacial score (nSPS) is 10.8. The Morgan fingerprint density at radius 3 is 3.17 bits per heavy atom. The molecule has 0 bridgehead atoms. The molecule has 0 aliphatic heterocycles. The van der Waals surface area contributed by atoms with Gasteiger partial charge in [0.05, 0.1) is 6.26 Å². The molecule has 2 aromatic rings. The van der Waals surface area contributed by atoms with Crippen LogP contribution in [0.3, 0.4) is 0 Å². The number of hydrogen-bond acceptors (Lipinski definition) is 2. The summed E-state index contributed by atoms with van der Waals surface area (Å²) in [5, 5.41) is 2.20. The van der Waals surface area contributed by atoms with E-state index in [1.165, 1.54) is 0 Å². The summed E-state index contributed by atoms with van der Waals surface area (Å²) < 4.78 is 5.25. The zero-order valence-corrected chi connectivity index (χ0v) is 8.39. The molecule has 2 heterocycles. The first-order chi connectivity index (χ1) is 5.83. The van der Waals surface area contributed by atoms with Gasteiger partial charge in [-0.05, 0) is 6.07 Å². The summed E-state index contributed by atoms with van der Waals surface area (Å²) in [6, 6.07) is 1.89. The maximum atomic E-state index is 5.81. The lowest BCUT2D eigenvalue weighted by Crippen LogP contribution is -1.75. The van der Waals surface area contributed by atoms with E-state index in [1.807, 2.05) is 6.07 Å². The number of aromatic nitrogens is 1. The van der Waals surface area contributed by atoms with Crippen molar-refractivity contribution >= 4 is 38.5 Å². The van der Waals surface area contributed by atoms with Crippen LogP contribution in [0.25, 0.3) is 11.0 Å². The fraction of sp³-hybridized carbons (Fsp3) is 0.125. The molecular formula is C8H5BrClNO. The van der Waals surface area contributed by atoms with Crippen molar-refractivity contribution in [1.82, 2.24) is 4.98 Å². The minimum atomic E-state index is 0.416. The van der Waals surface area contributed by atoms with Gasteiger partial charge in [0.25, 0.3) is 0 Å². The van der Waals surface area contributed by atoms with Crippen LogP contribution in [0.2, 0.25) is 5.15 Å². The Bertz CT molecular complexity index is 412. The van der Waals surface area contributed by atoms with Crippen molar-refractivity contribution < 1.29 is 4.42 Å². The summed E-state index contributed by atoms with van der Waals surface area (Å²) in [5.74, 6) is 0. The van der Waals surface area contributed by atoms with E-state index in [-0.39, 0.29) is 0 Å². The van der Waals surface area contributed by atoms with E-state index in [9.17, 15) is 0 Å². The molecule has 0 aliphatic rings. The van der Waals surface area contributed by atoms with E-state index >= 15 is 0 Å².